The van der Waals surface area contributed by atoms with Crippen LogP contribution in [0.3, 0.4) is 0 Å². The lowest BCUT2D eigenvalue weighted by Gasteiger charge is -1.96. The van der Waals surface area contributed by atoms with E-state index in [4.69, 9.17) is 15.6 Å². The van der Waals surface area contributed by atoms with Gasteiger partial charge in [0.25, 0.3) is 10.3 Å². The van der Waals surface area contributed by atoms with E-state index < -0.39 is 5.17 Å². The number of aliphatic hydroxyl groups excluding tert-OH is 1. The van der Waals surface area contributed by atoms with E-state index in [0.717, 1.165) is 6.42 Å². The van der Waals surface area contributed by atoms with E-state index in [9.17, 15) is 0 Å². The van der Waals surface area contributed by atoms with Crippen molar-refractivity contribution in [3.05, 3.63) is 36.4 Å². The SMILES string of the molecule is CCCOC(N)=S.NC(O)=S.c1ccccc1. The summed E-state index contributed by atoms with van der Waals surface area (Å²) in [7, 11) is 0. The number of nitrogens with two attached hydrogens (primary N) is 2. The van der Waals surface area contributed by atoms with Crippen molar-refractivity contribution in [2.24, 2.45) is 11.5 Å². The molecule has 17 heavy (non-hydrogen) atoms. The first-order chi connectivity index (χ1) is 8.00. The van der Waals surface area contributed by atoms with Gasteiger partial charge in [0, 0.05) is 0 Å². The van der Waals surface area contributed by atoms with Crippen molar-refractivity contribution in [2.75, 3.05) is 6.61 Å². The topological polar surface area (TPSA) is 81.5 Å². The van der Waals surface area contributed by atoms with Crippen LogP contribution in [-0.2, 0) is 4.74 Å². The summed E-state index contributed by atoms with van der Waals surface area (Å²) in [5, 5.41) is 7.21. The summed E-state index contributed by atoms with van der Waals surface area (Å²) in [6.07, 6.45) is 0.956. The average molecular weight is 274 g/mol. The Labute approximate surface area is 113 Å². The van der Waals surface area contributed by atoms with Gasteiger partial charge in [-0.05, 0) is 30.9 Å². The molecule has 0 heterocycles. The third-order valence-electron chi connectivity index (χ3n) is 1.12. The second kappa shape index (κ2) is 14.6. The van der Waals surface area contributed by atoms with Crippen LogP contribution < -0.4 is 11.5 Å². The number of ether oxygens (including phenoxy) is 1. The van der Waals surface area contributed by atoms with Crippen LogP contribution in [0.5, 0.6) is 0 Å². The van der Waals surface area contributed by atoms with Crippen LogP contribution in [0.2, 0.25) is 0 Å². The second-order valence-corrected chi connectivity index (χ2v) is 3.48. The molecule has 0 aromatic heterocycles. The van der Waals surface area contributed by atoms with E-state index in [-0.39, 0.29) is 5.17 Å². The van der Waals surface area contributed by atoms with Gasteiger partial charge in [-0.15, -0.1) is 0 Å². The third kappa shape index (κ3) is 31.3. The van der Waals surface area contributed by atoms with Gasteiger partial charge in [-0.1, -0.05) is 43.3 Å². The molecule has 0 saturated heterocycles. The highest BCUT2D eigenvalue weighted by atomic mass is 32.1. The first-order valence-electron chi connectivity index (χ1n) is 4.91. The quantitative estimate of drug-likeness (QED) is 0.717. The maximum absolute atomic E-state index is 7.56. The molecular weight excluding hydrogens is 256 g/mol. The molecule has 0 saturated carbocycles. The molecule has 1 rings (SSSR count). The molecule has 4 nitrogen and oxygen atoms in total. The Morgan fingerprint density at radius 2 is 1.35 bits per heavy atom. The van der Waals surface area contributed by atoms with Gasteiger partial charge in [0.2, 0.25) is 0 Å². The van der Waals surface area contributed by atoms with Crippen molar-refractivity contribution in [3.63, 3.8) is 0 Å². The summed E-state index contributed by atoms with van der Waals surface area (Å²) in [5.74, 6) is 0. The highest BCUT2D eigenvalue weighted by Gasteiger charge is 1.81. The lowest BCUT2D eigenvalue weighted by atomic mass is 10.4. The van der Waals surface area contributed by atoms with Crippen LogP contribution in [-0.4, -0.2) is 22.1 Å². The zero-order valence-electron chi connectivity index (χ0n) is 9.70. The predicted octanol–water partition coefficient (Wildman–Crippen LogP) is 2.13. The summed E-state index contributed by atoms with van der Waals surface area (Å²) in [5.41, 5.74) is 9.39. The standard InChI is InChI=1S/C6H6.C4H9NOS.CH3NOS/c1-2-4-6-5-3-1;1-2-3-6-4(5)7;2-1(3)4/h1-6H;2-3H2,1H3,(H2,5,7);(H3,2,3,4). The summed E-state index contributed by atoms with van der Waals surface area (Å²) in [6.45, 7) is 2.63. The Bertz CT molecular complexity index is 264. The van der Waals surface area contributed by atoms with E-state index in [0.29, 0.717) is 6.61 Å². The first kappa shape index (κ1) is 18.0. The Kier molecular flexibility index (Phi) is 15.4. The van der Waals surface area contributed by atoms with E-state index in [1.54, 1.807) is 0 Å². The molecule has 0 amide bonds. The maximum Gasteiger partial charge on any atom is 0.253 e. The van der Waals surface area contributed by atoms with Crippen LogP contribution in [0.4, 0.5) is 0 Å². The number of thiocarbonyl (C=S) groups is 2. The molecule has 1 aromatic carbocycles. The second-order valence-electron chi connectivity index (χ2n) is 2.66. The van der Waals surface area contributed by atoms with E-state index in [1.165, 1.54) is 0 Å². The molecule has 96 valence electrons. The van der Waals surface area contributed by atoms with Crippen LogP contribution in [0.15, 0.2) is 36.4 Å². The number of benzene rings is 1. The van der Waals surface area contributed by atoms with E-state index in [2.05, 4.69) is 30.2 Å². The Morgan fingerprint density at radius 3 is 1.47 bits per heavy atom. The Hall–Kier alpha value is -1.40. The van der Waals surface area contributed by atoms with E-state index >= 15 is 0 Å². The minimum absolute atomic E-state index is 0.141. The fourth-order valence-corrected chi connectivity index (χ4v) is 0.671. The smallest absolute Gasteiger partial charge is 0.253 e. The van der Waals surface area contributed by atoms with Gasteiger partial charge in [0.1, 0.15) is 0 Å². The monoisotopic (exact) mass is 274 g/mol. The zero-order chi connectivity index (χ0) is 13.5. The fourth-order valence-electron chi connectivity index (χ4n) is 0.588. The average Bonchev–Trinajstić information content (AvgIpc) is 2.29. The molecule has 0 spiro atoms. The van der Waals surface area contributed by atoms with Gasteiger partial charge in [-0.3, -0.25) is 0 Å². The molecule has 0 unspecified atom stereocenters. The first-order valence-corrected chi connectivity index (χ1v) is 5.73. The molecule has 0 aliphatic heterocycles. The Balaban J connectivity index is 0. The van der Waals surface area contributed by atoms with Gasteiger partial charge in [0.15, 0.2) is 0 Å². The van der Waals surface area contributed by atoms with Gasteiger partial charge < -0.3 is 21.3 Å². The van der Waals surface area contributed by atoms with Crippen molar-refractivity contribution >= 4 is 34.8 Å². The number of aliphatic hydroxyl groups is 1. The number of hydrogen-bond donors (Lipinski definition) is 3. The normalized spacial score (nSPS) is 7.59. The molecule has 0 radical (unpaired) electrons. The van der Waals surface area contributed by atoms with Crippen LogP contribution in [0, 0.1) is 0 Å². The molecular formula is C11H18N2O2S2. The van der Waals surface area contributed by atoms with Gasteiger partial charge in [0.05, 0.1) is 6.61 Å². The van der Waals surface area contributed by atoms with Crippen LogP contribution >= 0.6 is 24.4 Å². The lowest BCUT2D eigenvalue weighted by molar-refractivity contribution is 0.308. The number of hydrogen-bond acceptors (Lipinski definition) is 3. The molecule has 0 atom stereocenters. The van der Waals surface area contributed by atoms with Crippen LogP contribution in [0.25, 0.3) is 0 Å². The van der Waals surface area contributed by atoms with E-state index in [1.807, 2.05) is 43.3 Å². The maximum atomic E-state index is 7.56. The molecule has 1 aromatic rings. The molecule has 5 N–H and O–H groups in total. The molecule has 0 aliphatic carbocycles. The highest BCUT2D eigenvalue weighted by molar-refractivity contribution is 7.80. The molecule has 0 aliphatic rings. The minimum Gasteiger partial charge on any atom is -0.487 e. The summed E-state index contributed by atoms with van der Waals surface area (Å²) >= 11 is 8.29. The van der Waals surface area contributed by atoms with Crippen molar-refractivity contribution in [2.45, 2.75) is 13.3 Å². The minimum atomic E-state index is -0.500. The molecule has 0 fully saturated rings. The molecule has 6 heteroatoms. The Morgan fingerprint density at radius 1 is 1.06 bits per heavy atom. The largest absolute Gasteiger partial charge is 0.487 e. The van der Waals surface area contributed by atoms with Crippen molar-refractivity contribution in [3.8, 4) is 0 Å². The summed E-state index contributed by atoms with van der Waals surface area (Å²) < 4.78 is 4.70. The molecule has 0 bridgehead atoms. The number of rotatable bonds is 2. The summed E-state index contributed by atoms with van der Waals surface area (Å²) in [4.78, 5) is 0. The van der Waals surface area contributed by atoms with Crippen molar-refractivity contribution < 1.29 is 9.84 Å². The highest BCUT2D eigenvalue weighted by Crippen LogP contribution is 1.80. The van der Waals surface area contributed by atoms with Gasteiger partial charge in [-0.25, -0.2) is 0 Å². The van der Waals surface area contributed by atoms with Crippen LogP contribution in [0.1, 0.15) is 13.3 Å². The fraction of sp³-hybridized carbons (Fsp3) is 0.273. The predicted molar refractivity (Wildman–Crippen MR) is 78.9 cm³/mol. The van der Waals surface area contributed by atoms with Crippen molar-refractivity contribution in [1.29, 1.82) is 0 Å². The summed E-state index contributed by atoms with van der Waals surface area (Å²) in [6, 6.07) is 12.0. The van der Waals surface area contributed by atoms with Gasteiger partial charge >= 0.3 is 0 Å². The zero-order valence-corrected chi connectivity index (χ0v) is 11.3. The lowest BCUT2D eigenvalue weighted by Crippen LogP contribution is -2.12. The third-order valence-corrected chi connectivity index (χ3v) is 1.23. The van der Waals surface area contributed by atoms with Gasteiger partial charge in [-0.2, -0.15) is 0 Å². The van der Waals surface area contributed by atoms with Crippen molar-refractivity contribution in [1.82, 2.24) is 0 Å².